The molecule has 4 nitrogen and oxygen atoms in total. The van der Waals surface area contributed by atoms with Crippen LogP contribution in [0.3, 0.4) is 0 Å². The molecular formula is C13H6BrN3OS2. The Morgan fingerprint density at radius 2 is 2.20 bits per heavy atom. The first kappa shape index (κ1) is 13.2. The molecular weight excluding hydrogens is 358 g/mol. The van der Waals surface area contributed by atoms with Gasteiger partial charge in [0.05, 0.1) is 22.8 Å². The van der Waals surface area contributed by atoms with Crippen molar-refractivity contribution < 1.29 is 0 Å². The number of halogens is 1. The molecule has 0 saturated heterocycles. The Balaban J connectivity index is 2.38. The van der Waals surface area contributed by atoms with Crippen LogP contribution in [0.15, 0.2) is 38.9 Å². The van der Waals surface area contributed by atoms with Gasteiger partial charge in [-0.3, -0.25) is 9.36 Å². The molecule has 1 aromatic carbocycles. The Morgan fingerprint density at radius 1 is 1.40 bits per heavy atom. The Kier molecular flexibility index (Phi) is 3.30. The van der Waals surface area contributed by atoms with Gasteiger partial charge in [-0.2, -0.15) is 5.26 Å². The molecule has 1 N–H and O–H groups in total. The van der Waals surface area contributed by atoms with E-state index < -0.39 is 0 Å². The van der Waals surface area contributed by atoms with Gasteiger partial charge in [0.25, 0.3) is 5.56 Å². The standard InChI is InChI=1S/C13H6BrN3OS2/c14-8-5-7(6-15)1-2-10(8)17-12(18)11-9(3-4-20-11)16-13(17)19/h1-5H,(H,16,19). The quantitative estimate of drug-likeness (QED) is 0.669. The number of aromatic nitrogens is 2. The summed E-state index contributed by atoms with van der Waals surface area (Å²) in [5, 5.41) is 10.7. The number of nitrogens with one attached hydrogen (secondary N) is 1. The van der Waals surface area contributed by atoms with Crippen LogP contribution >= 0.6 is 39.5 Å². The monoisotopic (exact) mass is 363 g/mol. The topological polar surface area (TPSA) is 61.6 Å². The number of rotatable bonds is 1. The van der Waals surface area contributed by atoms with Gasteiger partial charge in [-0.15, -0.1) is 11.3 Å². The van der Waals surface area contributed by atoms with Gasteiger partial charge in [0.1, 0.15) is 4.70 Å². The van der Waals surface area contributed by atoms with Crippen molar-refractivity contribution in [3.63, 3.8) is 0 Å². The van der Waals surface area contributed by atoms with Crippen molar-refractivity contribution >= 4 is 49.7 Å². The maximum Gasteiger partial charge on any atom is 0.276 e. The highest BCUT2D eigenvalue weighted by molar-refractivity contribution is 9.10. The summed E-state index contributed by atoms with van der Waals surface area (Å²) in [7, 11) is 0. The molecule has 0 aliphatic heterocycles. The van der Waals surface area contributed by atoms with E-state index in [9.17, 15) is 4.79 Å². The molecule has 0 aliphatic rings. The molecule has 0 bridgehead atoms. The first-order chi connectivity index (χ1) is 9.61. The van der Waals surface area contributed by atoms with Crippen LogP contribution in [0.4, 0.5) is 0 Å². The highest BCUT2D eigenvalue weighted by Gasteiger charge is 2.11. The summed E-state index contributed by atoms with van der Waals surface area (Å²) in [5.41, 5.74) is 1.71. The van der Waals surface area contributed by atoms with Crippen LogP contribution < -0.4 is 5.56 Å². The van der Waals surface area contributed by atoms with Gasteiger partial charge in [-0.05, 0) is 57.8 Å². The minimum atomic E-state index is -0.163. The number of thiophene rings is 1. The SMILES string of the molecule is N#Cc1ccc(-n2c(=S)[nH]c3ccsc3c2=O)c(Br)c1. The molecule has 3 rings (SSSR count). The molecule has 2 heterocycles. The number of benzene rings is 1. The lowest BCUT2D eigenvalue weighted by atomic mass is 10.2. The van der Waals surface area contributed by atoms with Gasteiger partial charge in [-0.1, -0.05) is 0 Å². The fourth-order valence-electron chi connectivity index (χ4n) is 1.91. The summed E-state index contributed by atoms with van der Waals surface area (Å²) in [6.07, 6.45) is 0. The zero-order valence-corrected chi connectivity index (χ0v) is 13.1. The van der Waals surface area contributed by atoms with Crippen LogP contribution in [-0.4, -0.2) is 9.55 Å². The van der Waals surface area contributed by atoms with Gasteiger partial charge < -0.3 is 4.98 Å². The molecule has 0 amide bonds. The molecule has 0 aliphatic carbocycles. The van der Waals surface area contributed by atoms with E-state index in [4.69, 9.17) is 17.5 Å². The van der Waals surface area contributed by atoms with Crippen LogP contribution in [0.2, 0.25) is 0 Å². The van der Waals surface area contributed by atoms with Crippen LogP contribution in [0.1, 0.15) is 5.56 Å². The molecule has 7 heteroatoms. The van der Waals surface area contributed by atoms with Gasteiger partial charge in [0.2, 0.25) is 0 Å². The molecule has 0 spiro atoms. The van der Waals surface area contributed by atoms with E-state index in [0.29, 0.717) is 25.2 Å². The van der Waals surface area contributed by atoms with Crippen molar-refractivity contribution in [2.45, 2.75) is 0 Å². The number of fused-ring (bicyclic) bond motifs is 1. The van der Waals surface area contributed by atoms with E-state index in [1.165, 1.54) is 15.9 Å². The van der Waals surface area contributed by atoms with E-state index in [0.717, 1.165) is 5.52 Å². The fraction of sp³-hybridized carbons (Fsp3) is 0. The van der Waals surface area contributed by atoms with Crippen LogP contribution in [0.5, 0.6) is 0 Å². The van der Waals surface area contributed by atoms with Crippen LogP contribution in [-0.2, 0) is 0 Å². The van der Waals surface area contributed by atoms with E-state index in [2.05, 4.69) is 27.0 Å². The third kappa shape index (κ3) is 2.02. The average Bonchev–Trinajstić information content (AvgIpc) is 2.88. The summed E-state index contributed by atoms with van der Waals surface area (Å²) in [4.78, 5) is 15.6. The van der Waals surface area contributed by atoms with Gasteiger partial charge >= 0.3 is 0 Å². The average molecular weight is 364 g/mol. The number of H-pyrrole nitrogens is 1. The predicted molar refractivity (Wildman–Crippen MR) is 85.0 cm³/mol. The van der Waals surface area contributed by atoms with Crippen molar-refractivity contribution in [2.24, 2.45) is 0 Å². The van der Waals surface area contributed by atoms with Crippen molar-refractivity contribution in [3.8, 4) is 11.8 Å². The first-order valence-electron chi connectivity index (χ1n) is 5.54. The lowest BCUT2D eigenvalue weighted by Gasteiger charge is -2.08. The minimum Gasteiger partial charge on any atom is -0.331 e. The summed E-state index contributed by atoms with van der Waals surface area (Å²) < 4.78 is 3.02. The van der Waals surface area contributed by atoms with Crippen molar-refractivity contribution in [1.82, 2.24) is 9.55 Å². The molecule has 0 atom stereocenters. The molecule has 98 valence electrons. The van der Waals surface area contributed by atoms with E-state index >= 15 is 0 Å². The summed E-state index contributed by atoms with van der Waals surface area (Å²) in [6.45, 7) is 0. The van der Waals surface area contributed by atoms with E-state index in [1.807, 2.05) is 11.4 Å². The molecule has 0 fully saturated rings. The lowest BCUT2D eigenvalue weighted by molar-refractivity contribution is 0.938. The van der Waals surface area contributed by atoms with Crippen LogP contribution in [0.25, 0.3) is 15.9 Å². The maximum atomic E-state index is 12.5. The number of nitrogens with zero attached hydrogens (tertiary/aromatic N) is 2. The van der Waals surface area contributed by atoms with Crippen molar-refractivity contribution in [1.29, 1.82) is 5.26 Å². The van der Waals surface area contributed by atoms with E-state index in [-0.39, 0.29) is 5.56 Å². The highest BCUT2D eigenvalue weighted by atomic mass is 79.9. The number of aromatic amines is 1. The zero-order valence-electron chi connectivity index (χ0n) is 9.88. The maximum absolute atomic E-state index is 12.5. The summed E-state index contributed by atoms with van der Waals surface area (Å²) >= 11 is 10.0. The molecule has 0 unspecified atom stereocenters. The Labute approximate surface area is 131 Å². The molecule has 2 aromatic heterocycles. The largest absolute Gasteiger partial charge is 0.331 e. The second-order valence-corrected chi connectivity index (χ2v) is 6.17. The summed E-state index contributed by atoms with van der Waals surface area (Å²) in [6, 6.07) is 8.90. The third-order valence-corrected chi connectivity index (χ3v) is 4.65. The molecule has 0 radical (unpaired) electrons. The van der Waals surface area contributed by atoms with Gasteiger partial charge in [0.15, 0.2) is 4.77 Å². The minimum absolute atomic E-state index is 0.163. The number of hydrogen-bond donors (Lipinski definition) is 1. The van der Waals surface area contributed by atoms with E-state index in [1.54, 1.807) is 18.2 Å². The first-order valence-corrected chi connectivity index (χ1v) is 7.62. The van der Waals surface area contributed by atoms with Crippen molar-refractivity contribution in [2.75, 3.05) is 0 Å². The second kappa shape index (κ2) is 4.98. The molecule has 20 heavy (non-hydrogen) atoms. The Morgan fingerprint density at radius 3 is 2.90 bits per heavy atom. The number of hydrogen-bond acceptors (Lipinski definition) is 4. The Hall–Kier alpha value is -1.75. The lowest BCUT2D eigenvalue weighted by Crippen LogP contribution is -2.19. The van der Waals surface area contributed by atoms with Gasteiger partial charge in [0, 0.05) is 4.47 Å². The van der Waals surface area contributed by atoms with Crippen LogP contribution in [0, 0.1) is 16.1 Å². The smallest absolute Gasteiger partial charge is 0.276 e. The highest BCUT2D eigenvalue weighted by Crippen LogP contribution is 2.23. The van der Waals surface area contributed by atoms with Gasteiger partial charge in [-0.25, -0.2) is 0 Å². The predicted octanol–water partition coefficient (Wildman–Crippen LogP) is 3.74. The zero-order chi connectivity index (χ0) is 14.3. The second-order valence-electron chi connectivity index (χ2n) is 4.01. The Bertz CT molecular complexity index is 978. The molecule has 3 aromatic rings. The fourth-order valence-corrected chi connectivity index (χ4v) is 3.54. The summed E-state index contributed by atoms with van der Waals surface area (Å²) in [5.74, 6) is 0. The molecule has 0 saturated carbocycles. The van der Waals surface area contributed by atoms with Crippen molar-refractivity contribution in [3.05, 3.63) is 54.8 Å². The normalized spacial score (nSPS) is 10.6. The third-order valence-electron chi connectivity index (χ3n) is 2.82. The number of nitriles is 1.